The molecule has 2 saturated heterocycles. The van der Waals surface area contributed by atoms with Gasteiger partial charge in [-0.3, -0.25) is 9.59 Å². The average molecular weight is 423 g/mol. The molecule has 2 aliphatic heterocycles. The van der Waals surface area contributed by atoms with Crippen LogP contribution in [0.4, 0.5) is 11.6 Å². The number of carbonyl (C=O) groups is 3. The van der Waals surface area contributed by atoms with Crippen LogP contribution in [0.5, 0.6) is 0 Å². The molecule has 4 rings (SSSR count). The number of anilines is 2. The number of benzene rings is 1. The number of nitrogens with zero attached hydrogens (tertiary/aromatic N) is 5. The molecule has 2 amide bonds. The van der Waals surface area contributed by atoms with E-state index in [1.807, 2.05) is 4.90 Å². The number of hydrogen-bond donors (Lipinski definition) is 0. The summed E-state index contributed by atoms with van der Waals surface area (Å²) in [6.45, 7) is 2.69. The number of aromatic nitrogens is 2. The molecule has 0 spiro atoms. The zero-order chi connectivity index (χ0) is 21.6. The Morgan fingerprint density at radius 2 is 1.65 bits per heavy atom. The molecule has 1 aromatic heterocycles. The van der Waals surface area contributed by atoms with Crippen molar-refractivity contribution in [3.05, 3.63) is 48.3 Å². The molecule has 2 aromatic rings. The number of amides is 2. The zero-order valence-electron chi connectivity index (χ0n) is 17.3. The van der Waals surface area contributed by atoms with E-state index in [1.165, 1.54) is 0 Å². The summed E-state index contributed by atoms with van der Waals surface area (Å²) in [7, 11) is 0. The minimum atomic E-state index is -0.554. The number of carbonyl (C=O) groups excluding carboxylic acids is 3. The molecular weight excluding hydrogens is 398 g/mol. The Labute approximate surface area is 180 Å². The molecule has 0 unspecified atom stereocenters. The number of esters is 1. The van der Waals surface area contributed by atoms with Crippen molar-refractivity contribution in [1.82, 2.24) is 14.9 Å². The Bertz CT molecular complexity index is 927. The van der Waals surface area contributed by atoms with Crippen LogP contribution < -0.4 is 9.80 Å². The lowest BCUT2D eigenvalue weighted by Gasteiger charge is -2.34. The molecule has 9 heteroatoms. The van der Waals surface area contributed by atoms with E-state index >= 15 is 0 Å². The maximum absolute atomic E-state index is 12.4. The van der Waals surface area contributed by atoms with Gasteiger partial charge in [-0.05, 0) is 43.2 Å². The third kappa shape index (κ3) is 4.99. The Morgan fingerprint density at radius 3 is 2.32 bits per heavy atom. The summed E-state index contributed by atoms with van der Waals surface area (Å²) < 4.78 is 5.21. The second-order valence-corrected chi connectivity index (χ2v) is 7.54. The molecule has 0 aliphatic carbocycles. The van der Waals surface area contributed by atoms with Gasteiger partial charge in [0, 0.05) is 57.2 Å². The number of rotatable bonds is 5. The fourth-order valence-corrected chi connectivity index (χ4v) is 3.77. The van der Waals surface area contributed by atoms with Gasteiger partial charge < -0.3 is 19.4 Å². The van der Waals surface area contributed by atoms with Crippen LogP contribution in [0.25, 0.3) is 0 Å². The minimum Gasteiger partial charge on any atom is -0.452 e. The molecule has 0 radical (unpaired) electrons. The number of piperazine rings is 1. The van der Waals surface area contributed by atoms with Gasteiger partial charge in [-0.15, -0.1) is 0 Å². The van der Waals surface area contributed by atoms with Crippen LogP contribution in [-0.4, -0.2) is 72.0 Å². The quantitative estimate of drug-likeness (QED) is 0.673. The second-order valence-electron chi connectivity index (χ2n) is 7.54. The molecule has 0 N–H and O–H groups in total. The van der Waals surface area contributed by atoms with Gasteiger partial charge in [0.1, 0.15) is 0 Å². The highest BCUT2D eigenvalue weighted by Crippen LogP contribution is 2.21. The SMILES string of the molecule is O=C(OCC(=O)N1CCN(c2ncccn2)CC1)c1ccc(N2CCCCC2=O)cc1. The van der Waals surface area contributed by atoms with Crippen molar-refractivity contribution in [3.8, 4) is 0 Å². The van der Waals surface area contributed by atoms with Crippen LogP contribution in [0.1, 0.15) is 29.6 Å². The molecule has 2 aliphatic rings. The van der Waals surface area contributed by atoms with Crippen LogP contribution >= 0.6 is 0 Å². The lowest BCUT2D eigenvalue weighted by Crippen LogP contribution is -2.50. The Hall–Kier alpha value is -3.49. The van der Waals surface area contributed by atoms with Gasteiger partial charge in [-0.2, -0.15) is 0 Å². The number of piperidine rings is 1. The predicted molar refractivity (Wildman–Crippen MR) is 114 cm³/mol. The maximum Gasteiger partial charge on any atom is 0.338 e. The summed E-state index contributed by atoms with van der Waals surface area (Å²) in [6.07, 6.45) is 5.83. The van der Waals surface area contributed by atoms with E-state index in [9.17, 15) is 14.4 Å². The van der Waals surface area contributed by atoms with Gasteiger partial charge in [0.25, 0.3) is 5.91 Å². The standard InChI is InChI=1S/C22H25N5O4/c28-19-4-1-2-11-27(19)18-7-5-17(6-8-18)21(30)31-16-20(29)25-12-14-26(15-13-25)22-23-9-3-10-24-22/h3,5-10H,1-2,4,11-16H2. The molecule has 0 bridgehead atoms. The van der Waals surface area contributed by atoms with Crippen LogP contribution in [-0.2, 0) is 14.3 Å². The molecular formula is C22H25N5O4. The van der Waals surface area contributed by atoms with E-state index in [0.29, 0.717) is 50.7 Å². The number of hydrogen-bond acceptors (Lipinski definition) is 7. The van der Waals surface area contributed by atoms with E-state index in [4.69, 9.17) is 4.74 Å². The highest BCUT2D eigenvalue weighted by molar-refractivity contribution is 5.95. The molecule has 162 valence electrons. The first-order valence-electron chi connectivity index (χ1n) is 10.5. The van der Waals surface area contributed by atoms with E-state index in [-0.39, 0.29) is 18.4 Å². The van der Waals surface area contributed by atoms with Gasteiger partial charge in [-0.1, -0.05) is 0 Å². The first-order chi connectivity index (χ1) is 15.1. The van der Waals surface area contributed by atoms with Crippen molar-refractivity contribution in [2.45, 2.75) is 19.3 Å². The fourth-order valence-electron chi connectivity index (χ4n) is 3.77. The topological polar surface area (TPSA) is 95.9 Å². The van der Waals surface area contributed by atoms with E-state index in [1.54, 1.807) is 52.5 Å². The summed E-state index contributed by atoms with van der Waals surface area (Å²) >= 11 is 0. The number of ether oxygens (including phenoxy) is 1. The molecule has 1 aromatic carbocycles. The molecule has 0 atom stereocenters. The monoisotopic (exact) mass is 423 g/mol. The van der Waals surface area contributed by atoms with Crippen LogP contribution in [0.2, 0.25) is 0 Å². The van der Waals surface area contributed by atoms with Crippen LogP contribution in [0, 0.1) is 0 Å². The molecule has 0 saturated carbocycles. The summed E-state index contributed by atoms with van der Waals surface area (Å²) in [4.78, 5) is 50.7. The van der Waals surface area contributed by atoms with Gasteiger partial charge in [0.05, 0.1) is 5.56 Å². The third-order valence-electron chi connectivity index (χ3n) is 5.53. The van der Waals surface area contributed by atoms with Crippen molar-refractivity contribution >= 4 is 29.4 Å². The largest absolute Gasteiger partial charge is 0.452 e. The van der Waals surface area contributed by atoms with E-state index < -0.39 is 5.97 Å². The molecule has 2 fully saturated rings. The zero-order valence-corrected chi connectivity index (χ0v) is 17.3. The predicted octanol–water partition coefficient (Wildman–Crippen LogP) is 1.50. The Kier molecular flexibility index (Phi) is 6.40. The summed E-state index contributed by atoms with van der Waals surface area (Å²) in [5.41, 5.74) is 1.13. The highest BCUT2D eigenvalue weighted by Gasteiger charge is 2.24. The third-order valence-corrected chi connectivity index (χ3v) is 5.53. The first kappa shape index (κ1) is 20.8. The normalized spacial score (nSPS) is 16.9. The van der Waals surface area contributed by atoms with Crippen molar-refractivity contribution in [2.75, 3.05) is 49.1 Å². The highest BCUT2D eigenvalue weighted by atomic mass is 16.5. The minimum absolute atomic E-state index is 0.103. The van der Waals surface area contributed by atoms with Crippen LogP contribution in [0.15, 0.2) is 42.7 Å². The van der Waals surface area contributed by atoms with Crippen LogP contribution in [0.3, 0.4) is 0 Å². The average Bonchev–Trinajstić information content (AvgIpc) is 2.83. The van der Waals surface area contributed by atoms with E-state index in [2.05, 4.69) is 9.97 Å². The summed E-state index contributed by atoms with van der Waals surface area (Å²) in [5.74, 6) is -0.0273. The van der Waals surface area contributed by atoms with Gasteiger partial charge in [0.2, 0.25) is 11.9 Å². The van der Waals surface area contributed by atoms with Gasteiger partial charge >= 0.3 is 5.97 Å². The summed E-state index contributed by atoms with van der Waals surface area (Å²) in [5, 5.41) is 0. The first-order valence-corrected chi connectivity index (χ1v) is 10.5. The molecule has 9 nitrogen and oxygen atoms in total. The second kappa shape index (κ2) is 9.55. The van der Waals surface area contributed by atoms with Crippen molar-refractivity contribution in [2.24, 2.45) is 0 Å². The van der Waals surface area contributed by atoms with Crippen molar-refractivity contribution in [3.63, 3.8) is 0 Å². The molecule has 31 heavy (non-hydrogen) atoms. The maximum atomic E-state index is 12.4. The fraction of sp³-hybridized carbons (Fsp3) is 0.409. The van der Waals surface area contributed by atoms with E-state index in [0.717, 1.165) is 18.5 Å². The lowest BCUT2D eigenvalue weighted by molar-refractivity contribution is -0.134. The molecule has 3 heterocycles. The van der Waals surface area contributed by atoms with Crippen molar-refractivity contribution < 1.29 is 19.1 Å². The van der Waals surface area contributed by atoms with Crippen molar-refractivity contribution in [1.29, 1.82) is 0 Å². The lowest BCUT2D eigenvalue weighted by atomic mass is 10.1. The summed E-state index contributed by atoms with van der Waals surface area (Å²) in [6, 6.07) is 8.50. The van der Waals surface area contributed by atoms with Gasteiger partial charge in [0.15, 0.2) is 6.61 Å². The Balaban J connectivity index is 1.25. The smallest absolute Gasteiger partial charge is 0.338 e. The van der Waals surface area contributed by atoms with Gasteiger partial charge in [-0.25, -0.2) is 14.8 Å². The Morgan fingerprint density at radius 1 is 0.935 bits per heavy atom.